The van der Waals surface area contributed by atoms with Crippen LogP contribution in [0, 0.1) is 0 Å². The molecule has 1 aliphatic carbocycles. The van der Waals surface area contributed by atoms with Crippen LogP contribution in [0.2, 0.25) is 5.02 Å². The van der Waals surface area contributed by atoms with Crippen molar-refractivity contribution in [1.82, 2.24) is 4.98 Å². The Bertz CT molecular complexity index is 820. The van der Waals surface area contributed by atoms with E-state index in [2.05, 4.69) is 9.71 Å². The minimum atomic E-state index is -3.70. The largest absolute Gasteiger partial charge is 0.496 e. The van der Waals surface area contributed by atoms with Crippen molar-refractivity contribution < 1.29 is 13.2 Å². The first-order valence-electron chi connectivity index (χ1n) is 7.34. The van der Waals surface area contributed by atoms with Gasteiger partial charge in [0.2, 0.25) is 0 Å². The van der Waals surface area contributed by atoms with Gasteiger partial charge in [-0.3, -0.25) is 4.72 Å². The van der Waals surface area contributed by atoms with Crippen LogP contribution in [0.25, 0.3) is 0 Å². The number of nitrogens with one attached hydrogen (secondary N) is 1. The van der Waals surface area contributed by atoms with Gasteiger partial charge in [0, 0.05) is 6.20 Å². The smallest absolute Gasteiger partial charge is 0.263 e. The van der Waals surface area contributed by atoms with Gasteiger partial charge in [-0.25, -0.2) is 13.4 Å². The maximum atomic E-state index is 12.7. The average Bonchev–Trinajstić information content (AvgIpc) is 2.55. The fraction of sp³-hybridized carbons (Fsp3) is 0.312. The third kappa shape index (κ3) is 3.28. The van der Waals surface area contributed by atoms with Gasteiger partial charge in [0.1, 0.15) is 11.6 Å². The Labute approximate surface area is 140 Å². The van der Waals surface area contributed by atoms with Crippen LogP contribution >= 0.6 is 11.6 Å². The van der Waals surface area contributed by atoms with Crippen molar-refractivity contribution >= 4 is 27.4 Å². The molecule has 0 spiro atoms. The quantitative estimate of drug-likeness (QED) is 0.915. The van der Waals surface area contributed by atoms with Crippen molar-refractivity contribution in [3.05, 3.63) is 46.6 Å². The van der Waals surface area contributed by atoms with Gasteiger partial charge in [-0.05, 0) is 61.1 Å². The van der Waals surface area contributed by atoms with Gasteiger partial charge in [0.05, 0.1) is 17.0 Å². The van der Waals surface area contributed by atoms with E-state index in [1.807, 2.05) is 0 Å². The molecule has 2 aromatic rings. The van der Waals surface area contributed by atoms with Gasteiger partial charge >= 0.3 is 0 Å². The normalized spacial score (nSPS) is 14.2. The van der Waals surface area contributed by atoms with E-state index < -0.39 is 10.0 Å². The molecule has 1 aliphatic rings. The molecule has 0 amide bonds. The molecule has 0 radical (unpaired) electrons. The summed E-state index contributed by atoms with van der Waals surface area (Å²) in [5.41, 5.74) is 1.84. The summed E-state index contributed by atoms with van der Waals surface area (Å²) < 4.78 is 33.3. The van der Waals surface area contributed by atoms with Crippen molar-refractivity contribution in [2.24, 2.45) is 0 Å². The Morgan fingerprint density at radius 1 is 1.13 bits per heavy atom. The Kier molecular flexibility index (Phi) is 4.46. The maximum absolute atomic E-state index is 12.7. The van der Waals surface area contributed by atoms with Crippen LogP contribution < -0.4 is 9.46 Å². The summed E-state index contributed by atoms with van der Waals surface area (Å²) in [5.74, 6) is 0.998. The fourth-order valence-corrected chi connectivity index (χ4v) is 4.29. The Hall–Kier alpha value is -1.79. The molecule has 3 rings (SSSR count). The van der Waals surface area contributed by atoms with Gasteiger partial charge in [-0.2, -0.15) is 0 Å². The number of benzene rings is 1. The molecule has 0 fully saturated rings. The zero-order chi connectivity index (χ0) is 16.4. The summed E-state index contributed by atoms with van der Waals surface area (Å²) >= 11 is 5.77. The van der Waals surface area contributed by atoms with E-state index in [0.29, 0.717) is 9.92 Å². The Morgan fingerprint density at radius 2 is 1.87 bits per heavy atom. The van der Waals surface area contributed by atoms with E-state index in [4.69, 9.17) is 16.3 Å². The third-order valence-corrected chi connectivity index (χ3v) is 5.59. The lowest BCUT2D eigenvalue weighted by atomic mass is 9.91. The summed E-state index contributed by atoms with van der Waals surface area (Å²) in [6.45, 7) is 0. The van der Waals surface area contributed by atoms with Crippen LogP contribution in [-0.2, 0) is 22.9 Å². The minimum absolute atomic E-state index is 0.245. The van der Waals surface area contributed by atoms with Gasteiger partial charge in [-0.15, -0.1) is 0 Å². The number of aromatic nitrogens is 1. The summed E-state index contributed by atoms with van der Waals surface area (Å²) in [6.07, 6.45) is 4.99. The number of halogens is 1. The summed E-state index contributed by atoms with van der Waals surface area (Å²) in [5, 5.41) is 0.453. The average molecular weight is 353 g/mol. The van der Waals surface area contributed by atoms with Crippen LogP contribution in [0.5, 0.6) is 5.75 Å². The zero-order valence-corrected chi connectivity index (χ0v) is 14.2. The second-order valence-electron chi connectivity index (χ2n) is 5.40. The highest BCUT2D eigenvalue weighted by Gasteiger charge is 2.25. The first-order valence-corrected chi connectivity index (χ1v) is 9.20. The Morgan fingerprint density at radius 3 is 2.52 bits per heavy atom. The fourth-order valence-electron chi connectivity index (χ4n) is 2.87. The molecule has 0 saturated carbocycles. The van der Waals surface area contributed by atoms with Crippen molar-refractivity contribution in [3.8, 4) is 5.75 Å². The number of sulfonamides is 1. The molecule has 7 heteroatoms. The van der Waals surface area contributed by atoms with Crippen LogP contribution in [0.3, 0.4) is 0 Å². The number of rotatable bonds is 4. The number of methoxy groups -OCH3 is 1. The van der Waals surface area contributed by atoms with E-state index in [1.165, 1.54) is 12.3 Å². The van der Waals surface area contributed by atoms with Crippen LogP contribution in [0.4, 0.5) is 5.82 Å². The lowest BCUT2D eigenvalue weighted by Crippen LogP contribution is -2.18. The molecule has 1 N–H and O–H groups in total. The van der Waals surface area contributed by atoms with Gasteiger partial charge < -0.3 is 4.74 Å². The number of hydrogen-bond acceptors (Lipinski definition) is 4. The Balaban J connectivity index is 2.01. The molecule has 0 atom stereocenters. The highest BCUT2D eigenvalue weighted by atomic mass is 35.5. The van der Waals surface area contributed by atoms with E-state index in [9.17, 15) is 8.42 Å². The lowest BCUT2D eigenvalue weighted by Gasteiger charge is -2.22. The molecule has 0 unspecified atom stereocenters. The number of nitrogens with zero attached hydrogens (tertiary/aromatic N) is 1. The van der Waals surface area contributed by atoms with Gasteiger partial charge in [-0.1, -0.05) is 11.6 Å². The predicted molar refractivity (Wildman–Crippen MR) is 89.7 cm³/mol. The van der Waals surface area contributed by atoms with E-state index in [-0.39, 0.29) is 5.82 Å². The first kappa shape index (κ1) is 16.1. The van der Waals surface area contributed by atoms with Gasteiger partial charge in [0.15, 0.2) is 0 Å². The van der Waals surface area contributed by atoms with Crippen LogP contribution in [0.15, 0.2) is 35.4 Å². The first-order chi connectivity index (χ1) is 11.0. The highest BCUT2D eigenvalue weighted by Crippen LogP contribution is 2.34. The molecule has 5 nitrogen and oxygen atoms in total. The predicted octanol–water partition coefficient (Wildman–Crippen LogP) is 3.42. The number of pyridine rings is 1. The molecule has 23 heavy (non-hydrogen) atoms. The molecule has 0 bridgehead atoms. The van der Waals surface area contributed by atoms with Gasteiger partial charge in [0.25, 0.3) is 10.0 Å². The van der Waals surface area contributed by atoms with E-state index >= 15 is 0 Å². The van der Waals surface area contributed by atoms with Crippen LogP contribution in [-0.4, -0.2) is 20.5 Å². The molecule has 0 aliphatic heterocycles. The number of fused-ring (bicyclic) bond motifs is 1. The topological polar surface area (TPSA) is 68.3 Å². The SMILES string of the molecule is COc1ccc(S(=O)(=O)Nc2ccc(Cl)cn2)c2c1CCCC2. The van der Waals surface area contributed by atoms with E-state index in [1.54, 1.807) is 25.3 Å². The molecule has 0 saturated heterocycles. The summed E-state index contributed by atoms with van der Waals surface area (Å²) in [6, 6.07) is 6.45. The zero-order valence-electron chi connectivity index (χ0n) is 12.7. The summed E-state index contributed by atoms with van der Waals surface area (Å²) in [4.78, 5) is 4.28. The second kappa shape index (κ2) is 6.37. The molecular formula is C16H17ClN2O3S. The van der Waals surface area contributed by atoms with Crippen molar-refractivity contribution in [2.75, 3.05) is 11.8 Å². The number of anilines is 1. The van der Waals surface area contributed by atoms with Crippen molar-refractivity contribution in [3.63, 3.8) is 0 Å². The van der Waals surface area contributed by atoms with Crippen molar-refractivity contribution in [2.45, 2.75) is 30.6 Å². The molecule has 1 aromatic carbocycles. The minimum Gasteiger partial charge on any atom is -0.496 e. The number of hydrogen-bond donors (Lipinski definition) is 1. The second-order valence-corrected chi connectivity index (χ2v) is 7.48. The summed E-state index contributed by atoms with van der Waals surface area (Å²) in [7, 11) is -2.10. The standard InChI is InChI=1S/C16H17ClN2O3S/c1-22-14-7-8-15(13-5-3-2-4-12(13)14)23(20,21)19-16-9-6-11(17)10-18-16/h6-10H,2-5H2,1H3,(H,18,19). The maximum Gasteiger partial charge on any atom is 0.263 e. The molecular weight excluding hydrogens is 336 g/mol. The van der Waals surface area contributed by atoms with Crippen molar-refractivity contribution in [1.29, 1.82) is 0 Å². The van der Waals surface area contributed by atoms with Crippen LogP contribution in [0.1, 0.15) is 24.0 Å². The lowest BCUT2D eigenvalue weighted by molar-refractivity contribution is 0.405. The monoisotopic (exact) mass is 352 g/mol. The third-order valence-electron chi connectivity index (χ3n) is 3.92. The number of ether oxygens (including phenoxy) is 1. The highest BCUT2D eigenvalue weighted by molar-refractivity contribution is 7.92. The molecule has 122 valence electrons. The molecule has 1 aromatic heterocycles. The molecule has 1 heterocycles. The van der Waals surface area contributed by atoms with E-state index in [0.717, 1.165) is 42.6 Å².